The van der Waals surface area contributed by atoms with Crippen LogP contribution >= 0.6 is 22.9 Å². The Kier molecular flexibility index (Phi) is 3.40. The summed E-state index contributed by atoms with van der Waals surface area (Å²) in [5.74, 6) is 1.43. The van der Waals surface area contributed by atoms with E-state index in [0.29, 0.717) is 11.1 Å². The minimum absolute atomic E-state index is 0.495. The van der Waals surface area contributed by atoms with Crippen LogP contribution in [0.4, 0.5) is 0 Å². The van der Waals surface area contributed by atoms with Crippen molar-refractivity contribution in [1.82, 2.24) is 9.97 Å². The molecule has 4 rings (SSSR count). The van der Waals surface area contributed by atoms with Gasteiger partial charge in [0.15, 0.2) is 0 Å². The summed E-state index contributed by atoms with van der Waals surface area (Å²) in [6.45, 7) is 0. The van der Waals surface area contributed by atoms with Crippen molar-refractivity contribution >= 4 is 33.2 Å². The lowest BCUT2D eigenvalue weighted by molar-refractivity contribution is 0.673. The van der Waals surface area contributed by atoms with Crippen LogP contribution in [-0.2, 0) is 0 Å². The third kappa shape index (κ3) is 2.34. The van der Waals surface area contributed by atoms with Crippen LogP contribution in [0, 0.1) is 0 Å². The molecule has 4 heteroatoms. The third-order valence-corrected chi connectivity index (χ3v) is 5.36. The topological polar surface area (TPSA) is 25.8 Å². The highest BCUT2D eigenvalue weighted by atomic mass is 35.5. The van der Waals surface area contributed by atoms with Crippen LogP contribution in [0.15, 0.2) is 35.7 Å². The van der Waals surface area contributed by atoms with Crippen molar-refractivity contribution in [2.45, 2.75) is 31.6 Å². The molecule has 0 radical (unpaired) electrons. The number of halogens is 1. The van der Waals surface area contributed by atoms with E-state index in [1.165, 1.54) is 31.2 Å². The molecule has 0 amide bonds. The predicted octanol–water partition coefficient (Wildman–Crippen LogP) is 5.67. The highest BCUT2D eigenvalue weighted by Gasteiger charge is 2.22. The fraction of sp³-hybridized carbons (Fsp3) is 0.294. The molecule has 3 aromatic rings. The van der Waals surface area contributed by atoms with Crippen LogP contribution < -0.4 is 0 Å². The molecule has 1 aliphatic rings. The molecule has 1 aliphatic carbocycles. The highest BCUT2D eigenvalue weighted by Crippen LogP contribution is 2.39. The molecule has 0 bridgehead atoms. The van der Waals surface area contributed by atoms with Crippen molar-refractivity contribution in [3.63, 3.8) is 0 Å². The number of thiophene rings is 1. The summed E-state index contributed by atoms with van der Waals surface area (Å²) in [5, 5.41) is 3.73. The summed E-state index contributed by atoms with van der Waals surface area (Å²) in [6.07, 6.45) is 4.95. The van der Waals surface area contributed by atoms with Crippen LogP contribution in [0.1, 0.15) is 37.4 Å². The van der Waals surface area contributed by atoms with E-state index in [1.54, 1.807) is 11.3 Å². The van der Waals surface area contributed by atoms with Gasteiger partial charge in [-0.2, -0.15) is 0 Å². The van der Waals surface area contributed by atoms with Crippen LogP contribution in [0.5, 0.6) is 0 Å². The Morgan fingerprint density at radius 3 is 2.57 bits per heavy atom. The smallest absolute Gasteiger partial charge is 0.142 e. The zero-order chi connectivity index (χ0) is 14.2. The normalized spacial score (nSPS) is 15.9. The number of benzene rings is 1. The molecule has 1 saturated carbocycles. The molecule has 2 heterocycles. The maximum absolute atomic E-state index is 6.49. The third-order valence-electron chi connectivity index (χ3n) is 4.21. The van der Waals surface area contributed by atoms with E-state index in [-0.39, 0.29) is 0 Å². The van der Waals surface area contributed by atoms with Gasteiger partial charge in [-0.25, -0.2) is 9.97 Å². The summed E-state index contributed by atoms with van der Waals surface area (Å²) in [4.78, 5) is 10.4. The van der Waals surface area contributed by atoms with Crippen LogP contribution in [0.2, 0.25) is 5.15 Å². The number of rotatable bonds is 2. The molecule has 0 N–H and O–H groups in total. The number of nitrogens with zero attached hydrogens (tertiary/aromatic N) is 2. The number of hydrogen-bond acceptors (Lipinski definition) is 3. The Morgan fingerprint density at radius 1 is 1.05 bits per heavy atom. The van der Waals surface area contributed by atoms with Gasteiger partial charge in [0.2, 0.25) is 0 Å². The molecule has 0 spiro atoms. The molecule has 2 aromatic heterocycles. The average Bonchev–Trinajstić information content (AvgIpc) is 3.17. The van der Waals surface area contributed by atoms with Gasteiger partial charge in [-0.3, -0.25) is 0 Å². The molecule has 0 saturated heterocycles. The Labute approximate surface area is 132 Å². The van der Waals surface area contributed by atoms with Gasteiger partial charge < -0.3 is 0 Å². The molecule has 0 aliphatic heterocycles. The monoisotopic (exact) mass is 314 g/mol. The second-order valence-electron chi connectivity index (χ2n) is 5.55. The number of hydrogen-bond donors (Lipinski definition) is 0. The molecular formula is C17H15ClN2S. The molecular weight excluding hydrogens is 300 g/mol. The van der Waals surface area contributed by atoms with E-state index < -0.39 is 0 Å². The second-order valence-corrected chi connectivity index (χ2v) is 6.77. The van der Waals surface area contributed by atoms with Gasteiger partial charge in [0.05, 0.1) is 5.39 Å². The molecule has 0 unspecified atom stereocenters. The van der Waals surface area contributed by atoms with Gasteiger partial charge in [-0.15, -0.1) is 11.3 Å². The zero-order valence-corrected chi connectivity index (χ0v) is 13.1. The van der Waals surface area contributed by atoms with Gasteiger partial charge >= 0.3 is 0 Å². The standard InChI is InChI=1S/C17H15ClN2S/c18-15-14-13(11-6-2-1-3-7-11)10-21-17(14)20-16(19-15)12-8-4-5-9-12/h1-3,6-7,10,12H,4-5,8-9H2. The van der Waals surface area contributed by atoms with E-state index in [4.69, 9.17) is 16.6 Å². The molecule has 21 heavy (non-hydrogen) atoms. The summed E-state index contributed by atoms with van der Waals surface area (Å²) >= 11 is 8.15. The summed E-state index contributed by atoms with van der Waals surface area (Å²) in [5.41, 5.74) is 2.31. The van der Waals surface area contributed by atoms with Crippen molar-refractivity contribution < 1.29 is 0 Å². The molecule has 1 fully saturated rings. The first-order valence-corrected chi connectivity index (χ1v) is 8.59. The van der Waals surface area contributed by atoms with Crippen LogP contribution in [0.25, 0.3) is 21.3 Å². The molecule has 1 aromatic carbocycles. The molecule has 106 valence electrons. The number of fused-ring (bicyclic) bond motifs is 1. The second kappa shape index (κ2) is 5.39. The van der Waals surface area contributed by atoms with E-state index in [9.17, 15) is 0 Å². The van der Waals surface area contributed by atoms with E-state index in [2.05, 4.69) is 22.5 Å². The molecule has 0 atom stereocenters. The summed E-state index contributed by atoms with van der Waals surface area (Å²) in [7, 11) is 0. The maximum Gasteiger partial charge on any atom is 0.142 e. The van der Waals surface area contributed by atoms with Gasteiger partial charge in [-0.1, -0.05) is 54.8 Å². The van der Waals surface area contributed by atoms with E-state index >= 15 is 0 Å². The van der Waals surface area contributed by atoms with Gasteiger partial charge in [0.25, 0.3) is 0 Å². The predicted molar refractivity (Wildman–Crippen MR) is 89.1 cm³/mol. The summed E-state index contributed by atoms with van der Waals surface area (Å²) in [6, 6.07) is 10.3. The van der Waals surface area contributed by atoms with Crippen LogP contribution in [0.3, 0.4) is 0 Å². The van der Waals surface area contributed by atoms with Crippen molar-refractivity contribution in [3.05, 3.63) is 46.7 Å². The Morgan fingerprint density at radius 2 is 1.81 bits per heavy atom. The molecule has 2 nitrogen and oxygen atoms in total. The van der Waals surface area contributed by atoms with Crippen molar-refractivity contribution in [2.75, 3.05) is 0 Å². The largest absolute Gasteiger partial charge is 0.222 e. The first kappa shape index (κ1) is 13.2. The van der Waals surface area contributed by atoms with Gasteiger partial charge in [0, 0.05) is 16.9 Å². The Balaban J connectivity index is 1.85. The van der Waals surface area contributed by atoms with Gasteiger partial charge in [0.1, 0.15) is 15.8 Å². The van der Waals surface area contributed by atoms with E-state index in [1.807, 2.05) is 18.2 Å². The lowest BCUT2D eigenvalue weighted by Crippen LogP contribution is -2.00. The van der Waals surface area contributed by atoms with Crippen LogP contribution in [-0.4, -0.2) is 9.97 Å². The lowest BCUT2D eigenvalue weighted by atomic mass is 10.1. The first-order valence-electron chi connectivity index (χ1n) is 7.33. The van der Waals surface area contributed by atoms with E-state index in [0.717, 1.165) is 21.6 Å². The average molecular weight is 315 g/mol. The minimum Gasteiger partial charge on any atom is -0.222 e. The number of aromatic nitrogens is 2. The Hall–Kier alpha value is -1.45. The minimum atomic E-state index is 0.495. The fourth-order valence-corrected chi connectivity index (χ4v) is 4.40. The van der Waals surface area contributed by atoms with Crippen molar-refractivity contribution in [1.29, 1.82) is 0 Å². The van der Waals surface area contributed by atoms with Gasteiger partial charge in [-0.05, 0) is 18.4 Å². The maximum atomic E-state index is 6.49. The van der Waals surface area contributed by atoms with Crippen molar-refractivity contribution in [3.8, 4) is 11.1 Å². The SMILES string of the molecule is Clc1nc(C2CCCC2)nc2scc(-c3ccccc3)c12. The first-order chi connectivity index (χ1) is 10.3. The Bertz CT molecular complexity index is 776. The fourth-order valence-electron chi connectivity index (χ4n) is 3.11. The highest BCUT2D eigenvalue weighted by molar-refractivity contribution is 7.17. The summed E-state index contributed by atoms with van der Waals surface area (Å²) < 4.78 is 0. The lowest BCUT2D eigenvalue weighted by Gasteiger charge is -2.08. The zero-order valence-electron chi connectivity index (χ0n) is 11.6. The quantitative estimate of drug-likeness (QED) is 0.569. The van der Waals surface area contributed by atoms with Crippen molar-refractivity contribution in [2.24, 2.45) is 0 Å².